The van der Waals surface area contributed by atoms with E-state index in [1.165, 1.54) is 44.6 Å². The number of hydrogen-bond donors (Lipinski definition) is 0. The zero-order valence-electron chi connectivity index (χ0n) is 11.2. The summed E-state index contributed by atoms with van der Waals surface area (Å²) in [6.45, 7) is 0. The molecule has 0 radical (unpaired) electrons. The van der Waals surface area contributed by atoms with Crippen molar-refractivity contribution < 1.29 is 4.39 Å². The summed E-state index contributed by atoms with van der Waals surface area (Å²) in [6.07, 6.45) is 9.42. The van der Waals surface area contributed by atoms with Crippen molar-refractivity contribution in [2.24, 2.45) is 5.92 Å². The van der Waals surface area contributed by atoms with Gasteiger partial charge in [-0.2, -0.15) is 0 Å². The Labute approximate surface area is 125 Å². The lowest BCUT2D eigenvalue weighted by atomic mass is 9.85. The van der Waals surface area contributed by atoms with E-state index in [-0.39, 0.29) is 11.2 Å². The van der Waals surface area contributed by atoms with Gasteiger partial charge in [0.1, 0.15) is 5.82 Å². The molecule has 2 rings (SSSR count). The van der Waals surface area contributed by atoms with Gasteiger partial charge in [0.25, 0.3) is 0 Å². The van der Waals surface area contributed by atoms with Crippen molar-refractivity contribution in [3.63, 3.8) is 0 Å². The molecule has 19 heavy (non-hydrogen) atoms. The zero-order valence-corrected chi connectivity index (χ0v) is 12.7. The second-order valence-corrected chi connectivity index (χ2v) is 6.61. The first-order chi connectivity index (χ1) is 9.16. The van der Waals surface area contributed by atoms with Crippen LogP contribution in [0.25, 0.3) is 0 Å². The van der Waals surface area contributed by atoms with Gasteiger partial charge in [-0.3, -0.25) is 0 Å². The minimum atomic E-state index is -0.240. The molecule has 0 saturated heterocycles. The SMILES string of the molecule is Fc1cccc(Cl)c1CC(Cl)CCC1CCCCC1. The minimum Gasteiger partial charge on any atom is -0.207 e. The fraction of sp³-hybridized carbons (Fsp3) is 0.625. The molecule has 0 aromatic heterocycles. The molecule has 0 heterocycles. The topological polar surface area (TPSA) is 0 Å². The summed E-state index contributed by atoms with van der Waals surface area (Å²) in [5.41, 5.74) is 0.563. The maximum absolute atomic E-state index is 13.7. The molecular weight excluding hydrogens is 282 g/mol. The Hall–Kier alpha value is -0.270. The molecule has 1 fully saturated rings. The molecule has 0 spiro atoms. The Kier molecular flexibility index (Phi) is 5.97. The van der Waals surface area contributed by atoms with E-state index >= 15 is 0 Å². The monoisotopic (exact) mass is 302 g/mol. The average molecular weight is 303 g/mol. The van der Waals surface area contributed by atoms with Crippen molar-refractivity contribution in [2.45, 2.75) is 56.7 Å². The van der Waals surface area contributed by atoms with Gasteiger partial charge >= 0.3 is 0 Å². The van der Waals surface area contributed by atoms with Crippen molar-refractivity contribution in [1.82, 2.24) is 0 Å². The van der Waals surface area contributed by atoms with Crippen LogP contribution >= 0.6 is 23.2 Å². The lowest BCUT2D eigenvalue weighted by Gasteiger charge is -2.22. The van der Waals surface area contributed by atoms with Gasteiger partial charge in [0, 0.05) is 16.0 Å². The van der Waals surface area contributed by atoms with Crippen LogP contribution in [0.5, 0.6) is 0 Å². The van der Waals surface area contributed by atoms with Gasteiger partial charge < -0.3 is 0 Å². The molecule has 1 atom stereocenters. The van der Waals surface area contributed by atoms with Crippen LogP contribution in [0.2, 0.25) is 5.02 Å². The fourth-order valence-corrected chi connectivity index (χ4v) is 3.46. The molecule has 1 saturated carbocycles. The van der Waals surface area contributed by atoms with Crippen molar-refractivity contribution >= 4 is 23.2 Å². The molecule has 106 valence electrons. The molecule has 0 amide bonds. The molecule has 0 bridgehead atoms. The van der Waals surface area contributed by atoms with Gasteiger partial charge in [0.15, 0.2) is 0 Å². The molecule has 3 heteroatoms. The van der Waals surface area contributed by atoms with Crippen LogP contribution in [-0.2, 0) is 6.42 Å². The molecule has 1 unspecified atom stereocenters. The summed E-state index contributed by atoms with van der Waals surface area (Å²) in [4.78, 5) is 0. The molecule has 1 aromatic rings. The number of hydrogen-bond acceptors (Lipinski definition) is 0. The minimum absolute atomic E-state index is 0.0173. The molecule has 1 aromatic carbocycles. The van der Waals surface area contributed by atoms with Crippen molar-refractivity contribution in [3.8, 4) is 0 Å². The quantitative estimate of drug-likeness (QED) is 0.586. The van der Waals surface area contributed by atoms with Crippen LogP contribution < -0.4 is 0 Å². The van der Waals surface area contributed by atoms with E-state index in [1.807, 2.05) is 0 Å². The van der Waals surface area contributed by atoms with Crippen LogP contribution in [0.15, 0.2) is 18.2 Å². The number of benzene rings is 1. The predicted octanol–water partition coefficient (Wildman–Crippen LogP) is 5.99. The van der Waals surface area contributed by atoms with Crippen LogP contribution in [0.4, 0.5) is 4.39 Å². The molecule has 1 aliphatic carbocycles. The normalized spacial score (nSPS) is 18.5. The van der Waals surface area contributed by atoms with E-state index < -0.39 is 0 Å². The Morgan fingerprint density at radius 2 is 1.95 bits per heavy atom. The average Bonchev–Trinajstić information content (AvgIpc) is 2.42. The maximum atomic E-state index is 13.7. The maximum Gasteiger partial charge on any atom is 0.127 e. The number of halogens is 3. The van der Waals surface area contributed by atoms with E-state index in [9.17, 15) is 4.39 Å². The van der Waals surface area contributed by atoms with Gasteiger partial charge in [-0.25, -0.2) is 4.39 Å². The standard InChI is InChI=1S/C16H21Cl2F/c17-13(10-9-12-5-2-1-3-6-12)11-14-15(18)7-4-8-16(14)19/h4,7-8,12-13H,1-3,5-6,9-11H2. The fourth-order valence-electron chi connectivity index (χ4n) is 2.94. The van der Waals surface area contributed by atoms with Gasteiger partial charge in [-0.05, 0) is 37.3 Å². The number of alkyl halides is 1. The number of rotatable bonds is 5. The van der Waals surface area contributed by atoms with E-state index in [0.29, 0.717) is 17.0 Å². The molecule has 0 N–H and O–H groups in total. The summed E-state index contributed by atoms with van der Waals surface area (Å²) in [5.74, 6) is 0.585. The largest absolute Gasteiger partial charge is 0.207 e. The Morgan fingerprint density at radius 3 is 2.63 bits per heavy atom. The van der Waals surface area contributed by atoms with Crippen LogP contribution in [0.1, 0.15) is 50.5 Å². The molecule has 0 aliphatic heterocycles. The summed E-state index contributed by atoms with van der Waals surface area (Å²) in [6, 6.07) is 4.81. The first-order valence-electron chi connectivity index (χ1n) is 7.23. The van der Waals surface area contributed by atoms with E-state index in [1.54, 1.807) is 12.1 Å². The highest BCUT2D eigenvalue weighted by Gasteiger charge is 2.17. The van der Waals surface area contributed by atoms with Crippen LogP contribution in [0, 0.1) is 11.7 Å². The van der Waals surface area contributed by atoms with Crippen LogP contribution in [0.3, 0.4) is 0 Å². The first-order valence-corrected chi connectivity index (χ1v) is 8.05. The smallest absolute Gasteiger partial charge is 0.127 e. The first kappa shape index (κ1) is 15.1. The Bertz CT molecular complexity index is 379. The van der Waals surface area contributed by atoms with Gasteiger partial charge in [0.2, 0.25) is 0 Å². The zero-order chi connectivity index (χ0) is 13.7. The summed E-state index contributed by atoms with van der Waals surface area (Å²) in [7, 11) is 0. The van der Waals surface area contributed by atoms with Crippen molar-refractivity contribution in [3.05, 3.63) is 34.6 Å². The summed E-state index contributed by atoms with van der Waals surface area (Å²) in [5, 5.41) is 0.472. The van der Waals surface area contributed by atoms with Gasteiger partial charge in [-0.15, -0.1) is 11.6 Å². The van der Waals surface area contributed by atoms with E-state index in [4.69, 9.17) is 23.2 Å². The van der Waals surface area contributed by atoms with Crippen LogP contribution in [-0.4, -0.2) is 5.38 Å². The lowest BCUT2D eigenvalue weighted by molar-refractivity contribution is 0.330. The molecule has 0 nitrogen and oxygen atoms in total. The third-order valence-electron chi connectivity index (χ3n) is 4.10. The lowest BCUT2D eigenvalue weighted by Crippen LogP contribution is -2.11. The van der Waals surface area contributed by atoms with Crippen molar-refractivity contribution in [1.29, 1.82) is 0 Å². The highest BCUT2D eigenvalue weighted by Crippen LogP contribution is 2.30. The van der Waals surface area contributed by atoms with Crippen molar-refractivity contribution in [2.75, 3.05) is 0 Å². The van der Waals surface area contributed by atoms with E-state index in [0.717, 1.165) is 12.3 Å². The van der Waals surface area contributed by atoms with Gasteiger partial charge in [0.05, 0.1) is 0 Å². The predicted molar refractivity (Wildman–Crippen MR) is 80.6 cm³/mol. The second kappa shape index (κ2) is 7.50. The molecular formula is C16H21Cl2F. The highest BCUT2D eigenvalue weighted by molar-refractivity contribution is 6.31. The Morgan fingerprint density at radius 1 is 1.21 bits per heavy atom. The highest BCUT2D eigenvalue weighted by atomic mass is 35.5. The van der Waals surface area contributed by atoms with Gasteiger partial charge in [-0.1, -0.05) is 49.8 Å². The third-order valence-corrected chi connectivity index (χ3v) is 4.83. The van der Waals surface area contributed by atoms with E-state index in [2.05, 4.69) is 0 Å². The second-order valence-electron chi connectivity index (χ2n) is 5.58. The Balaban J connectivity index is 1.82. The molecule has 1 aliphatic rings. The summed E-state index contributed by atoms with van der Waals surface area (Å²) >= 11 is 12.4. The summed E-state index contributed by atoms with van der Waals surface area (Å²) < 4.78 is 13.7. The third kappa shape index (κ3) is 4.65.